The van der Waals surface area contributed by atoms with Crippen molar-refractivity contribution in [2.45, 2.75) is 12.8 Å². The summed E-state index contributed by atoms with van der Waals surface area (Å²) >= 11 is 0. The number of amides is 2. The molecule has 2 aliphatic rings. The number of benzene rings is 2. The first-order valence-electron chi connectivity index (χ1n) is 9.63. The number of nitrogens with zero attached hydrogens (tertiary/aromatic N) is 3. The number of rotatable bonds is 6. The lowest BCUT2D eigenvalue weighted by molar-refractivity contribution is -0.384. The summed E-state index contributed by atoms with van der Waals surface area (Å²) in [6.07, 6.45) is 1.95. The molecule has 2 amide bonds. The molecule has 0 aliphatic carbocycles. The highest BCUT2D eigenvalue weighted by Crippen LogP contribution is 2.29. The van der Waals surface area contributed by atoms with E-state index in [1.807, 2.05) is 4.90 Å². The van der Waals surface area contributed by atoms with Crippen molar-refractivity contribution < 1.29 is 24.0 Å². The summed E-state index contributed by atoms with van der Waals surface area (Å²) < 4.78 is 5.29. The number of nitro groups is 1. The van der Waals surface area contributed by atoms with Crippen molar-refractivity contribution in [3.05, 3.63) is 69.3 Å². The monoisotopic (exact) mass is 409 g/mol. The van der Waals surface area contributed by atoms with E-state index in [1.54, 1.807) is 30.3 Å². The zero-order valence-electron chi connectivity index (χ0n) is 16.1. The molecule has 0 unspecified atom stereocenters. The van der Waals surface area contributed by atoms with Crippen LogP contribution in [0.25, 0.3) is 0 Å². The fourth-order valence-corrected chi connectivity index (χ4v) is 3.78. The van der Waals surface area contributed by atoms with Crippen molar-refractivity contribution in [2.24, 2.45) is 0 Å². The van der Waals surface area contributed by atoms with Gasteiger partial charge >= 0.3 is 5.97 Å². The first-order chi connectivity index (χ1) is 14.5. The van der Waals surface area contributed by atoms with Gasteiger partial charge < -0.3 is 9.64 Å². The summed E-state index contributed by atoms with van der Waals surface area (Å²) in [4.78, 5) is 51.1. The molecule has 0 aromatic heterocycles. The summed E-state index contributed by atoms with van der Waals surface area (Å²) in [6, 6.07) is 10.6. The fourth-order valence-electron chi connectivity index (χ4n) is 3.78. The first-order valence-corrected chi connectivity index (χ1v) is 9.63. The first kappa shape index (κ1) is 19.6. The molecule has 0 radical (unpaired) electrons. The molecule has 0 saturated carbocycles. The lowest BCUT2D eigenvalue weighted by Crippen LogP contribution is -2.33. The molecule has 2 aromatic carbocycles. The molecule has 0 bridgehead atoms. The van der Waals surface area contributed by atoms with Crippen LogP contribution in [-0.2, 0) is 4.74 Å². The number of hydrogen-bond acceptors (Lipinski definition) is 7. The molecule has 9 nitrogen and oxygen atoms in total. The van der Waals surface area contributed by atoms with Crippen LogP contribution in [0.5, 0.6) is 0 Å². The molecule has 2 heterocycles. The highest BCUT2D eigenvalue weighted by Gasteiger charge is 2.35. The van der Waals surface area contributed by atoms with Gasteiger partial charge in [-0.25, -0.2) is 4.79 Å². The predicted octanol–water partition coefficient (Wildman–Crippen LogP) is 2.65. The van der Waals surface area contributed by atoms with E-state index in [-0.39, 0.29) is 24.4 Å². The maximum Gasteiger partial charge on any atom is 0.340 e. The topological polar surface area (TPSA) is 110 Å². The molecule has 4 rings (SSSR count). The van der Waals surface area contributed by atoms with Crippen molar-refractivity contribution in [2.75, 3.05) is 31.1 Å². The van der Waals surface area contributed by atoms with Gasteiger partial charge in [-0.2, -0.15) is 0 Å². The number of imide groups is 1. The molecule has 1 saturated heterocycles. The smallest absolute Gasteiger partial charge is 0.340 e. The summed E-state index contributed by atoms with van der Waals surface area (Å²) in [5, 5.41) is 11.1. The zero-order valence-corrected chi connectivity index (χ0v) is 16.1. The predicted molar refractivity (Wildman–Crippen MR) is 107 cm³/mol. The third kappa shape index (κ3) is 3.49. The highest BCUT2D eigenvalue weighted by molar-refractivity contribution is 6.21. The van der Waals surface area contributed by atoms with E-state index in [1.165, 1.54) is 12.1 Å². The lowest BCUT2D eigenvalue weighted by Gasteiger charge is -2.21. The molecule has 0 atom stereocenters. The standard InChI is InChI=1S/C21H19N3O6/c25-19-15-5-1-2-6-16(15)20(26)23(19)11-12-30-21(27)17-13-14(24(28)29)7-8-18(17)22-9-3-4-10-22/h1-2,5-8,13H,3-4,9-12H2. The molecule has 0 N–H and O–H groups in total. The van der Waals surface area contributed by atoms with Gasteiger partial charge in [0.05, 0.1) is 33.8 Å². The average molecular weight is 409 g/mol. The van der Waals surface area contributed by atoms with Crippen molar-refractivity contribution in [3.63, 3.8) is 0 Å². The van der Waals surface area contributed by atoms with Crippen LogP contribution in [0.1, 0.15) is 43.9 Å². The van der Waals surface area contributed by atoms with Gasteiger partial charge in [0.15, 0.2) is 0 Å². The van der Waals surface area contributed by atoms with E-state index >= 15 is 0 Å². The number of ether oxygens (including phenoxy) is 1. The number of carbonyl (C=O) groups excluding carboxylic acids is 3. The minimum Gasteiger partial charge on any atom is -0.460 e. The van der Waals surface area contributed by atoms with E-state index in [9.17, 15) is 24.5 Å². The quantitative estimate of drug-likeness (QED) is 0.312. The Morgan fingerprint density at radius 2 is 1.67 bits per heavy atom. The van der Waals surface area contributed by atoms with Crippen molar-refractivity contribution in [3.8, 4) is 0 Å². The van der Waals surface area contributed by atoms with Crippen LogP contribution < -0.4 is 4.90 Å². The van der Waals surface area contributed by atoms with Crippen molar-refractivity contribution in [1.82, 2.24) is 4.90 Å². The van der Waals surface area contributed by atoms with Crippen LogP contribution in [0, 0.1) is 10.1 Å². The Balaban J connectivity index is 1.47. The minimum absolute atomic E-state index is 0.0912. The number of fused-ring (bicyclic) bond motifs is 1. The number of non-ortho nitro benzene ring substituents is 1. The van der Waals surface area contributed by atoms with Gasteiger partial charge in [0.2, 0.25) is 0 Å². The molecule has 2 aromatic rings. The summed E-state index contributed by atoms with van der Waals surface area (Å²) in [6.45, 7) is 1.22. The summed E-state index contributed by atoms with van der Waals surface area (Å²) in [5.74, 6) is -1.59. The molecular weight excluding hydrogens is 390 g/mol. The Bertz CT molecular complexity index is 1010. The van der Waals surface area contributed by atoms with Gasteiger partial charge in [0.25, 0.3) is 17.5 Å². The Kier molecular flexibility index (Phi) is 5.18. The Morgan fingerprint density at radius 3 is 2.27 bits per heavy atom. The highest BCUT2D eigenvalue weighted by atomic mass is 16.6. The summed E-state index contributed by atoms with van der Waals surface area (Å²) in [7, 11) is 0. The summed E-state index contributed by atoms with van der Waals surface area (Å²) in [5.41, 5.74) is 1.13. The van der Waals surface area contributed by atoms with Crippen LogP contribution in [0.15, 0.2) is 42.5 Å². The molecule has 2 aliphatic heterocycles. The second-order valence-corrected chi connectivity index (χ2v) is 7.10. The van der Waals surface area contributed by atoms with Crippen LogP contribution in [0.2, 0.25) is 0 Å². The number of esters is 1. The zero-order chi connectivity index (χ0) is 21.3. The maximum atomic E-state index is 12.7. The lowest BCUT2D eigenvalue weighted by atomic mass is 10.1. The minimum atomic E-state index is -0.725. The Labute approximate surface area is 172 Å². The number of carbonyl (C=O) groups is 3. The van der Waals surface area contributed by atoms with Crippen molar-refractivity contribution >= 4 is 29.2 Å². The molecule has 9 heteroatoms. The number of hydrogen-bond donors (Lipinski definition) is 0. The molecule has 0 spiro atoms. The molecular formula is C21H19N3O6. The van der Waals surface area contributed by atoms with E-state index < -0.39 is 22.7 Å². The SMILES string of the molecule is O=C(OCCN1C(=O)c2ccccc2C1=O)c1cc([N+](=O)[O-])ccc1N1CCCC1. The number of anilines is 1. The van der Waals surface area contributed by atoms with E-state index in [4.69, 9.17) is 4.74 Å². The van der Waals surface area contributed by atoms with Gasteiger partial charge in [-0.15, -0.1) is 0 Å². The van der Waals surface area contributed by atoms with E-state index in [0.717, 1.165) is 30.8 Å². The van der Waals surface area contributed by atoms with Crippen molar-refractivity contribution in [1.29, 1.82) is 0 Å². The van der Waals surface area contributed by atoms with E-state index in [2.05, 4.69) is 0 Å². The van der Waals surface area contributed by atoms with Gasteiger partial charge in [0, 0.05) is 25.2 Å². The normalized spacial score (nSPS) is 15.5. The van der Waals surface area contributed by atoms with Crippen LogP contribution in [0.4, 0.5) is 11.4 Å². The van der Waals surface area contributed by atoms with Gasteiger partial charge in [-0.1, -0.05) is 12.1 Å². The molecule has 154 valence electrons. The van der Waals surface area contributed by atoms with Gasteiger partial charge in [0.1, 0.15) is 6.61 Å². The largest absolute Gasteiger partial charge is 0.460 e. The fraction of sp³-hybridized carbons (Fsp3) is 0.286. The number of nitro benzene ring substituents is 1. The second kappa shape index (κ2) is 7.94. The third-order valence-electron chi connectivity index (χ3n) is 5.28. The van der Waals surface area contributed by atoms with Crippen LogP contribution in [0.3, 0.4) is 0 Å². The Hall–Kier alpha value is -3.75. The second-order valence-electron chi connectivity index (χ2n) is 7.10. The average Bonchev–Trinajstić information content (AvgIpc) is 3.37. The van der Waals surface area contributed by atoms with Crippen LogP contribution >= 0.6 is 0 Å². The molecule has 30 heavy (non-hydrogen) atoms. The molecule has 1 fully saturated rings. The maximum absolute atomic E-state index is 12.7. The van der Waals surface area contributed by atoms with Crippen LogP contribution in [-0.4, -0.2) is 53.8 Å². The van der Waals surface area contributed by atoms with E-state index in [0.29, 0.717) is 16.8 Å². The Morgan fingerprint density at radius 1 is 1.03 bits per heavy atom. The van der Waals surface area contributed by atoms with Gasteiger partial charge in [-0.3, -0.25) is 24.6 Å². The van der Waals surface area contributed by atoms with Gasteiger partial charge in [-0.05, 0) is 31.0 Å². The third-order valence-corrected chi connectivity index (χ3v) is 5.28.